The van der Waals surface area contributed by atoms with Crippen LogP contribution in [0.2, 0.25) is 0 Å². The number of thioether (sulfide) groups is 1. The van der Waals surface area contributed by atoms with Crippen LogP contribution < -0.4 is 0 Å². The highest BCUT2D eigenvalue weighted by atomic mass is 32.2. The highest BCUT2D eigenvalue weighted by Gasteiger charge is 2.10. The van der Waals surface area contributed by atoms with E-state index in [9.17, 15) is 4.79 Å². The van der Waals surface area contributed by atoms with Gasteiger partial charge in [0.1, 0.15) is 0 Å². The molecule has 1 heterocycles. The molecule has 0 atom stereocenters. The maximum Gasteiger partial charge on any atom is 0.337 e. The van der Waals surface area contributed by atoms with Crippen LogP contribution in [0.5, 0.6) is 0 Å². The number of aryl methyl sites for hydroxylation is 1. The van der Waals surface area contributed by atoms with Crippen molar-refractivity contribution in [3.05, 3.63) is 53.9 Å². The Balaban J connectivity index is 1.93. The number of aromatic carboxylic acids is 1. The average molecular weight is 261 g/mol. The van der Waals surface area contributed by atoms with Gasteiger partial charge in [0.2, 0.25) is 0 Å². The first-order valence-corrected chi connectivity index (χ1v) is 6.74. The van der Waals surface area contributed by atoms with Crippen LogP contribution in [0.25, 0.3) is 0 Å². The molecule has 1 aromatic heterocycles. The van der Waals surface area contributed by atoms with Crippen molar-refractivity contribution in [2.24, 2.45) is 0 Å². The zero-order valence-corrected chi connectivity index (χ0v) is 11.0. The number of hydrogen-bond donors (Lipinski definition) is 1. The zero-order chi connectivity index (χ0) is 13.0. The largest absolute Gasteiger partial charge is 0.478 e. The van der Waals surface area contributed by atoms with Crippen LogP contribution in [-0.4, -0.2) is 21.4 Å². The summed E-state index contributed by atoms with van der Waals surface area (Å²) < 4.78 is 1.99. The Hall–Kier alpha value is -1.68. The fraction of sp³-hybridized carbons (Fsp3) is 0.214. The third-order valence-corrected chi connectivity index (χ3v) is 3.81. The molecule has 94 valence electrons. The molecular formula is C14H15NO2S. The maximum absolute atomic E-state index is 10.9. The summed E-state index contributed by atoms with van der Waals surface area (Å²) in [5.74, 6) is 0.0699. The molecule has 0 radical (unpaired) electrons. The van der Waals surface area contributed by atoms with E-state index in [4.69, 9.17) is 5.11 Å². The van der Waals surface area contributed by atoms with E-state index in [1.165, 1.54) is 4.90 Å². The molecule has 0 aliphatic rings. The SMILES string of the molecule is Cc1c(C(=O)O)ccn1CCSc1ccccc1. The lowest BCUT2D eigenvalue weighted by molar-refractivity contribution is 0.0696. The van der Waals surface area contributed by atoms with Crippen LogP contribution in [0.1, 0.15) is 16.1 Å². The standard InChI is InChI=1S/C14H15NO2S/c1-11-13(14(16)17)7-8-15(11)9-10-18-12-5-3-2-4-6-12/h2-8H,9-10H2,1H3,(H,16,17). The molecule has 0 saturated heterocycles. The van der Waals surface area contributed by atoms with Gasteiger partial charge in [0, 0.05) is 29.1 Å². The maximum atomic E-state index is 10.9. The number of nitrogens with zero attached hydrogens (tertiary/aromatic N) is 1. The molecule has 2 rings (SSSR count). The minimum Gasteiger partial charge on any atom is -0.478 e. The van der Waals surface area contributed by atoms with E-state index < -0.39 is 5.97 Å². The number of carboxylic acid groups (broad SMARTS) is 1. The molecular weight excluding hydrogens is 246 g/mol. The monoisotopic (exact) mass is 261 g/mol. The Morgan fingerprint density at radius 2 is 2.00 bits per heavy atom. The van der Waals surface area contributed by atoms with Crippen LogP contribution >= 0.6 is 11.8 Å². The summed E-state index contributed by atoms with van der Waals surface area (Å²) in [6.45, 7) is 2.66. The van der Waals surface area contributed by atoms with Gasteiger partial charge in [0.25, 0.3) is 0 Å². The Bertz CT molecular complexity index is 534. The molecule has 0 fully saturated rings. The topological polar surface area (TPSA) is 42.2 Å². The molecule has 0 amide bonds. The second-order valence-electron chi connectivity index (χ2n) is 3.97. The molecule has 3 nitrogen and oxygen atoms in total. The summed E-state index contributed by atoms with van der Waals surface area (Å²) in [4.78, 5) is 12.1. The lowest BCUT2D eigenvalue weighted by atomic mass is 10.2. The molecule has 18 heavy (non-hydrogen) atoms. The summed E-state index contributed by atoms with van der Waals surface area (Å²) >= 11 is 1.77. The highest BCUT2D eigenvalue weighted by molar-refractivity contribution is 7.99. The molecule has 0 aliphatic carbocycles. The molecule has 0 aliphatic heterocycles. The first-order valence-electron chi connectivity index (χ1n) is 5.75. The molecule has 1 N–H and O–H groups in total. The first kappa shape index (κ1) is 12.8. The van der Waals surface area contributed by atoms with E-state index in [0.717, 1.165) is 18.0 Å². The van der Waals surface area contributed by atoms with Crippen molar-refractivity contribution in [1.82, 2.24) is 4.57 Å². The summed E-state index contributed by atoms with van der Waals surface area (Å²) in [5, 5.41) is 8.96. The van der Waals surface area contributed by atoms with Crippen molar-refractivity contribution in [2.45, 2.75) is 18.4 Å². The summed E-state index contributed by atoms with van der Waals surface area (Å²) in [6.07, 6.45) is 1.84. The predicted octanol–water partition coefficient (Wildman–Crippen LogP) is 3.29. The van der Waals surface area contributed by atoms with Gasteiger partial charge in [-0.1, -0.05) is 18.2 Å². The normalized spacial score (nSPS) is 10.5. The predicted molar refractivity (Wildman–Crippen MR) is 73.3 cm³/mol. The van der Waals surface area contributed by atoms with E-state index >= 15 is 0 Å². The second-order valence-corrected chi connectivity index (χ2v) is 5.14. The van der Waals surface area contributed by atoms with Crippen molar-refractivity contribution >= 4 is 17.7 Å². The van der Waals surface area contributed by atoms with Crippen molar-refractivity contribution < 1.29 is 9.90 Å². The van der Waals surface area contributed by atoms with Gasteiger partial charge in [0.05, 0.1) is 5.56 Å². The molecule has 4 heteroatoms. The quantitative estimate of drug-likeness (QED) is 0.840. The van der Waals surface area contributed by atoms with Crippen LogP contribution in [-0.2, 0) is 6.54 Å². The van der Waals surface area contributed by atoms with Gasteiger partial charge in [0.15, 0.2) is 0 Å². The van der Waals surface area contributed by atoms with Crippen LogP contribution in [0.3, 0.4) is 0 Å². The summed E-state index contributed by atoms with van der Waals surface area (Å²) in [5.41, 5.74) is 1.20. The molecule has 0 unspecified atom stereocenters. The summed E-state index contributed by atoms with van der Waals surface area (Å²) in [7, 11) is 0. The van der Waals surface area contributed by atoms with E-state index in [2.05, 4.69) is 12.1 Å². The Morgan fingerprint density at radius 1 is 1.28 bits per heavy atom. The molecule has 0 spiro atoms. The molecule has 2 aromatic rings. The number of rotatable bonds is 5. The van der Waals surface area contributed by atoms with Gasteiger partial charge in [-0.05, 0) is 25.1 Å². The fourth-order valence-electron chi connectivity index (χ4n) is 1.80. The number of benzene rings is 1. The van der Waals surface area contributed by atoms with Gasteiger partial charge in [-0.25, -0.2) is 4.79 Å². The smallest absolute Gasteiger partial charge is 0.337 e. The van der Waals surface area contributed by atoms with Crippen LogP contribution in [0.4, 0.5) is 0 Å². The van der Waals surface area contributed by atoms with Crippen molar-refractivity contribution in [3.63, 3.8) is 0 Å². The fourth-order valence-corrected chi connectivity index (χ4v) is 2.67. The second kappa shape index (κ2) is 5.78. The minimum absolute atomic E-state index is 0.389. The van der Waals surface area contributed by atoms with E-state index in [0.29, 0.717) is 5.56 Å². The summed E-state index contributed by atoms with van der Waals surface area (Å²) in [6, 6.07) is 11.9. The van der Waals surface area contributed by atoms with Crippen molar-refractivity contribution in [3.8, 4) is 0 Å². The lowest BCUT2D eigenvalue weighted by Crippen LogP contribution is -2.04. The molecule has 1 aromatic carbocycles. The van der Waals surface area contributed by atoms with E-state index in [-0.39, 0.29) is 0 Å². The third-order valence-electron chi connectivity index (χ3n) is 2.82. The average Bonchev–Trinajstić information content (AvgIpc) is 2.73. The van der Waals surface area contributed by atoms with E-state index in [1.54, 1.807) is 17.8 Å². The minimum atomic E-state index is -0.859. The Morgan fingerprint density at radius 3 is 2.61 bits per heavy atom. The highest BCUT2D eigenvalue weighted by Crippen LogP contribution is 2.18. The zero-order valence-electron chi connectivity index (χ0n) is 10.2. The first-order chi connectivity index (χ1) is 8.68. The molecule has 0 saturated carbocycles. The Kier molecular flexibility index (Phi) is 4.10. The number of aromatic nitrogens is 1. The van der Waals surface area contributed by atoms with Gasteiger partial charge in [-0.15, -0.1) is 11.8 Å². The lowest BCUT2D eigenvalue weighted by Gasteiger charge is -2.06. The number of carboxylic acids is 1. The van der Waals surface area contributed by atoms with Crippen molar-refractivity contribution in [2.75, 3.05) is 5.75 Å². The number of hydrogen-bond acceptors (Lipinski definition) is 2. The Labute approximate surface area is 110 Å². The third kappa shape index (κ3) is 2.96. The van der Waals surface area contributed by atoms with Crippen LogP contribution in [0.15, 0.2) is 47.5 Å². The van der Waals surface area contributed by atoms with Gasteiger partial charge >= 0.3 is 5.97 Å². The van der Waals surface area contributed by atoms with Gasteiger partial charge < -0.3 is 9.67 Å². The van der Waals surface area contributed by atoms with Crippen molar-refractivity contribution in [1.29, 1.82) is 0 Å². The van der Waals surface area contributed by atoms with E-state index in [1.807, 2.05) is 35.9 Å². The van der Waals surface area contributed by atoms with Gasteiger partial charge in [-0.3, -0.25) is 0 Å². The number of carbonyl (C=O) groups is 1. The van der Waals surface area contributed by atoms with Crippen LogP contribution in [0, 0.1) is 6.92 Å². The van der Waals surface area contributed by atoms with Gasteiger partial charge in [-0.2, -0.15) is 0 Å². The molecule has 0 bridgehead atoms.